The van der Waals surface area contributed by atoms with Crippen molar-refractivity contribution in [3.8, 4) is 5.75 Å². The van der Waals surface area contributed by atoms with Crippen LogP contribution in [-0.4, -0.2) is 34.8 Å². The fourth-order valence-corrected chi connectivity index (χ4v) is 4.02. The number of hydrogen-bond donors (Lipinski definition) is 0. The van der Waals surface area contributed by atoms with E-state index < -0.39 is 5.97 Å². The zero-order valence-corrected chi connectivity index (χ0v) is 16.8. The molecule has 0 aliphatic rings. The van der Waals surface area contributed by atoms with E-state index in [0.29, 0.717) is 22.8 Å². The Balaban J connectivity index is 1.72. The number of ether oxygens (including phenoxy) is 2. The Hall–Kier alpha value is -3.00. The summed E-state index contributed by atoms with van der Waals surface area (Å²) in [6.07, 6.45) is 0. The van der Waals surface area contributed by atoms with Crippen molar-refractivity contribution in [3.05, 3.63) is 53.0 Å². The van der Waals surface area contributed by atoms with E-state index in [-0.39, 0.29) is 0 Å². The maximum atomic E-state index is 11.8. The molecule has 0 saturated heterocycles. The van der Waals surface area contributed by atoms with Crippen LogP contribution >= 0.6 is 11.8 Å². The van der Waals surface area contributed by atoms with Gasteiger partial charge in [-0.05, 0) is 43.7 Å². The van der Waals surface area contributed by atoms with Crippen molar-refractivity contribution < 1.29 is 18.7 Å². The van der Waals surface area contributed by atoms with Gasteiger partial charge >= 0.3 is 5.97 Å². The van der Waals surface area contributed by atoms with Gasteiger partial charge in [0.1, 0.15) is 22.8 Å². The van der Waals surface area contributed by atoms with Crippen molar-refractivity contribution in [2.75, 3.05) is 14.2 Å². The molecule has 0 bridgehead atoms. The number of aryl methyl sites for hydroxylation is 2. The Kier molecular flexibility index (Phi) is 4.72. The fourth-order valence-electron chi connectivity index (χ4n) is 3.19. The molecule has 144 valence electrons. The number of esters is 1. The molecule has 8 heteroatoms. The molecule has 0 atom stereocenters. The van der Waals surface area contributed by atoms with Crippen LogP contribution in [0.3, 0.4) is 0 Å². The van der Waals surface area contributed by atoms with E-state index in [2.05, 4.69) is 17.1 Å². The molecule has 4 rings (SSSR count). The number of fused-ring (bicyclic) bond motifs is 3. The number of hydrogen-bond acceptors (Lipinski definition) is 7. The molecule has 0 unspecified atom stereocenters. The van der Waals surface area contributed by atoms with Gasteiger partial charge in [-0.25, -0.2) is 4.79 Å². The van der Waals surface area contributed by atoms with Crippen LogP contribution in [0.15, 0.2) is 39.9 Å². The first-order chi connectivity index (χ1) is 13.5. The second kappa shape index (κ2) is 7.20. The average Bonchev–Trinajstić information content (AvgIpc) is 3.28. The van der Waals surface area contributed by atoms with E-state index in [0.717, 1.165) is 33.0 Å². The van der Waals surface area contributed by atoms with Gasteiger partial charge in [-0.2, -0.15) is 0 Å². The standard InChI is InChI=1S/C20H19N3O4S/c1-11-7-18-21-22-20(23(18)17-9-13(25-3)5-6-15(11)17)28-10-14-8-16(12(2)27-14)19(24)26-4/h5-9H,10H2,1-4H3. The lowest BCUT2D eigenvalue weighted by atomic mass is 10.1. The monoisotopic (exact) mass is 397 g/mol. The van der Waals surface area contributed by atoms with Crippen LogP contribution < -0.4 is 4.74 Å². The summed E-state index contributed by atoms with van der Waals surface area (Å²) in [6, 6.07) is 9.68. The van der Waals surface area contributed by atoms with Crippen LogP contribution in [0.1, 0.15) is 27.4 Å². The van der Waals surface area contributed by atoms with Gasteiger partial charge in [-0.1, -0.05) is 11.8 Å². The minimum atomic E-state index is -0.404. The van der Waals surface area contributed by atoms with Gasteiger partial charge in [0.2, 0.25) is 0 Å². The fraction of sp³-hybridized carbons (Fsp3) is 0.250. The van der Waals surface area contributed by atoms with Gasteiger partial charge in [0, 0.05) is 11.5 Å². The normalized spacial score (nSPS) is 11.3. The summed E-state index contributed by atoms with van der Waals surface area (Å²) >= 11 is 1.49. The van der Waals surface area contributed by atoms with Gasteiger partial charge in [0.15, 0.2) is 10.8 Å². The summed E-state index contributed by atoms with van der Waals surface area (Å²) in [6.45, 7) is 3.80. The van der Waals surface area contributed by atoms with Gasteiger partial charge in [0.25, 0.3) is 0 Å². The van der Waals surface area contributed by atoms with Crippen molar-refractivity contribution in [1.82, 2.24) is 14.6 Å². The molecule has 0 amide bonds. The van der Waals surface area contributed by atoms with E-state index in [1.54, 1.807) is 20.1 Å². The van der Waals surface area contributed by atoms with Gasteiger partial charge in [-0.3, -0.25) is 4.40 Å². The molecule has 7 nitrogen and oxygen atoms in total. The third-order valence-corrected chi connectivity index (χ3v) is 5.54. The molecular weight excluding hydrogens is 378 g/mol. The van der Waals surface area contributed by atoms with E-state index in [1.807, 2.05) is 28.7 Å². The van der Waals surface area contributed by atoms with E-state index >= 15 is 0 Å². The number of benzene rings is 1. The highest BCUT2D eigenvalue weighted by molar-refractivity contribution is 7.98. The Morgan fingerprint density at radius 2 is 2.00 bits per heavy atom. The Morgan fingerprint density at radius 3 is 2.75 bits per heavy atom. The molecule has 0 radical (unpaired) electrons. The number of pyridine rings is 1. The number of furan rings is 1. The highest BCUT2D eigenvalue weighted by Gasteiger charge is 2.17. The van der Waals surface area contributed by atoms with Crippen LogP contribution in [0.2, 0.25) is 0 Å². The number of rotatable bonds is 5. The molecule has 4 aromatic rings. The summed E-state index contributed by atoms with van der Waals surface area (Å²) in [5.41, 5.74) is 3.31. The summed E-state index contributed by atoms with van der Waals surface area (Å²) in [7, 11) is 3.00. The van der Waals surface area contributed by atoms with Gasteiger partial charge in [0.05, 0.1) is 25.5 Å². The summed E-state index contributed by atoms with van der Waals surface area (Å²) in [5.74, 6) is 2.10. The lowest BCUT2D eigenvalue weighted by Gasteiger charge is -2.09. The molecule has 1 aromatic carbocycles. The van der Waals surface area contributed by atoms with Gasteiger partial charge in [-0.15, -0.1) is 10.2 Å². The molecule has 0 spiro atoms. The molecule has 0 N–H and O–H groups in total. The predicted octanol–water partition coefficient (Wildman–Crippen LogP) is 4.18. The number of carbonyl (C=O) groups excluding carboxylic acids is 1. The Bertz CT molecular complexity index is 1200. The SMILES string of the molecule is COC(=O)c1cc(CSc2nnc3cc(C)c4ccc(OC)cc4n23)oc1C. The first-order valence-electron chi connectivity index (χ1n) is 8.64. The summed E-state index contributed by atoms with van der Waals surface area (Å²) in [4.78, 5) is 11.8. The highest BCUT2D eigenvalue weighted by atomic mass is 32.2. The van der Waals surface area contributed by atoms with Crippen molar-refractivity contribution >= 4 is 34.3 Å². The molecular formula is C20H19N3O4S. The third kappa shape index (κ3) is 3.09. The van der Waals surface area contributed by atoms with Crippen molar-refractivity contribution in [2.45, 2.75) is 24.8 Å². The van der Waals surface area contributed by atoms with Crippen LogP contribution in [0.25, 0.3) is 16.6 Å². The molecule has 28 heavy (non-hydrogen) atoms. The topological polar surface area (TPSA) is 78.9 Å². The lowest BCUT2D eigenvalue weighted by Crippen LogP contribution is -2.00. The minimum absolute atomic E-state index is 0.404. The van der Waals surface area contributed by atoms with Crippen molar-refractivity contribution in [1.29, 1.82) is 0 Å². The van der Waals surface area contributed by atoms with E-state index in [9.17, 15) is 4.79 Å². The first-order valence-corrected chi connectivity index (χ1v) is 9.63. The largest absolute Gasteiger partial charge is 0.497 e. The Morgan fingerprint density at radius 1 is 1.18 bits per heavy atom. The summed E-state index contributed by atoms with van der Waals surface area (Å²) in [5, 5.41) is 10.5. The molecule has 3 aromatic heterocycles. The summed E-state index contributed by atoms with van der Waals surface area (Å²) < 4.78 is 17.9. The van der Waals surface area contributed by atoms with Crippen molar-refractivity contribution in [2.24, 2.45) is 0 Å². The van der Waals surface area contributed by atoms with Crippen LogP contribution in [-0.2, 0) is 10.5 Å². The number of thioether (sulfide) groups is 1. The highest BCUT2D eigenvalue weighted by Crippen LogP contribution is 2.30. The van der Waals surface area contributed by atoms with Crippen LogP contribution in [0.4, 0.5) is 0 Å². The lowest BCUT2D eigenvalue weighted by molar-refractivity contribution is 0.0599. The minimum Gasteiger partial charge on any atom is -0.497 e. The number of nitrogens with zero attached hydrogens (tertiary/aromatic N) is 3. The number of carbonyl (C=O) groups is 1. The van der Waals surface area contributed by atoms with Crippen LogP contribution in [0.5, 0.6) is 5.75 Å². The molecule has 0 saturated carbocycles. The zero-order valence-electron chi connectivity index (χ0n) is 16.0. The third-order valence-electron chi connectivity index (χ3n) is 4.59. The molecule has 0 fully saturated rings. The second-order valence-electron chi connectivity index (χ2n) is 6.35. The smallest absolute Gasteiger partial charge is 0.341 e. The van der Waals surface area contributed by atoms with Gasteiger partial charge < -0.3 is 13.9 Å². The quantitative estimate of drug-likeness (QED) is 0.369. The number of methoxy groups -OCH3 is 2. The van der Waals surface area contributed by atoms with E-state index in [4.69, 9.17) is 13.9 Å². The molecule has 3 heterocycles. The molecule has 0 aliphatic heterocycles. The Labute approximate surface area is 165 Å². The maximum Gasteiger partial charge on any atom is 0.341 e. The van der Waals surface area contributed by atoms with E-state index in [1.165, 1.54) is 18.9 Å². The predicted molar refractivity (Wildman–Crippen MR) is 106 cm³/mol. The zero-order chi connectivity index (χ0) is 19.8. The van der Waals surface area contributed by atoms with Crippen LogP contribution in [0, 0.1) is 13.8 Å². The first kappa shape index (κ1) is 18.4. The van der Waals surface area contributed by atoms with Crippen molar-refractivity contribution in [3.63, 3.8) is 0 Å². The second-order valence-corrected chi connectivity index (χ2v) is 7.29. The maximum absolute atomic E-state index is 11.8. The molecule has 0 aliphatic carbocycles. The number of aromatic nitrogens is 3. The average molecular weight is 397 g/mol.